The van der Waals surface area contributed by atoms with E-state index in [-0.39, 0.29) is 18.5 Å². The molecule has 220 valence electrons. The molecular weight excluding hydrogens is 595 g/mol. The smallest absolute Gasteiger partial charge is 0.326 e. The van der Waals surface area contributed by atoms with Gasteiger partial charge in [0.1, 0.15) is 0 Å². The Morgan fingerprint density at radius 1 is 0.857 bits per heavy atom. The normalized spacial score (nSPS) is 11.2. The number of aryl methyl sites for hydroxylation is 1. The maximum Gasteiger partial charge on any atom is 0.335 e. The molecule has 0 radical (unpaired) electrons. The summed E-state index contributed by atoms with van der Waals surface area (Å²) in [5.41, 5.74) is 3.57. The molecule has 4 rings (SSSR count). The van der Waals surface area contributed by atoms with Gasteiger partial charge in [-0.1, -0.05) is 54.1 Å². The molecule has 0 atom stereocenters. The average Bonchev–Trinajstić information content (AvgIpc) is 3.36. The summed E-state index contributed by atoms with van der Waals surface area (Å²) in [6, 6.07) is 23.0. The van der Waals surface area contributed by atoms with Gasteiger partial charge in [-0.25, -0.2) is 9.78 Å². The van der Waals surface area contributed by atoms with E-state index in [4.69, 9.17) is 20.6 Å². The Morgan fingerprint density at radius 3 is 2.14 bits per heavy atom. The number of thiazole rings is 1. The van der Waals surface area contributed by atoms with Crippen LogP contribution in [0.15, 0.2) is 78.9 Å². The van der Waals surface area contributed by atoms with Crippen LogP contribution in [0.2, 0.25) is 5.02 Å². The molecule has 0 aliphatic carbocycles. The lowest BCUT2D eigenvalue weighted by molar-refractivity contribution is -0.116. The lowest BCUT2D eigenvalue weighted by Crippen LogP contribution is -2.19. The number of carbonyl (C=O) groups is 2. The number of benzene rings is 3. The number of urea groups is 1. The van der Waals surface area contributed by atoms with E-state index in [9.17, 15) is 14.2 Å². The van der Waals surface area contributed by atoms with Gasteiger partial charge in [-0.15, -0.1) is 11.3 Å². The summed E-state index contributed by atoms with van der Waals surface area (Å²) in [7, 11) is -3.22. The molecule has 3 aromatic carbocycles. The van der Waals surface area contributed by atoms with Crippen LogP contribution in [-0.2, 0) is 31.0 Å². The summed E-state index contributed by atoms with van der Waals surface area (Å²) in [4.78, 5) is 30.9. The lowest BCUT2D eigenvalue weighted by Gasteiger charge is -2.17. The van der Waals surface area contributed by atoms with Crippen LogP contribution in [0.25, 0.3) is 11.3 Å². The molecule has 0 aliphatic heterocycles. The van der Waals surface area contributed by atoms with E-state index in [1.54, 1.807) is 62.4 Å². The van der Waals surface area contributed by atoms with E-state index in [1.807, 2.05) is 30.3 Å². The Balaban J connectivity index is 1.40. The number of anilines is 3. The lowest BCUT2D eigenvalue weighted by atomic mass is 10.1. The molecule has 0 bridgehead atoms. The van der Waals surface area contributed by atoms with Crippen LogP contribution in [0.4, 0.5) is 21.3 Å². The minimum absolute atomic E-state index is 0.154. The third kappa shape index (κ3) is 9.24. The SMILES string of the molecule is CCOP(=O)(Cc1ccc(NC(=O)CCc2sc(NC(=O)Nc3ccccc3)nc2-c2ccc(Cl)cc2)cc1)OCC. The molecule has 1 aromatic heterocycles. The fraction of sp³-hybridized carbons (Fsp3) is 0.233. The molecule has 3 amide bonds. The van der Waals surface area contributed by atoms with Crippen LogP contribution in [0.3, 0.4) is 0 Å². The van der Waals surface area contributed by atoms with Crippen LogP contribution in [-0.4, -0.2) is 30.1 Å². The van der Waals surface area contributed by atoms with Gasteiger partial charge in [0.2, 0.25) is 5.91 Å². The van der Waals surface area contributed by atoms with Crippen LogP contribution in [0.5, 0.6) is 0 Å². The van der Waals surface area contributed by atoms with Crippen LogP contribution in [0, 0.1) is 0 Å². The molecular formula is C30H32ClN4O5PS. The van der Waals surface area contributed by atoms with Crippen LogP contribution < -0.4 is 16.0 Å². The summed E-state index contributed by atoms with van der Waals surface area (Å²) >= 11 is 7.39. The number of para-hydroxylation sites is 1. The minimum Gasteiger partial charge on any atom is -0.326 e. The highest BCUT2D eigenvalue weighted by Gasteiger charge is 2.24. The van der Waals surface area contributed by atoms with Crippen molar-refractivity contribution in [1.82, 2.24) is 4.98 Å². The molecule has 3 N–H and O–H groups in total. The molecule has 0 saturated carbocycles. The van der Waals surface area contributed by atoms with Gasteiger partial charge >= 0.3 is 13.6 Å². The molecule has 42 heavy (non-hydrogen) atoms. The van der Waals surface area contributed by atoms with Crippen molar-refractivity contribution in [2.75, 3.05) is 29.2 Å². The van der Waals surface area contributed by atoms with E-state index in [0.29, 0.717) is 46.9 Å². The Labute approximate surface area is 254 Å². The van der Waals surface area contributed by atoms with Crippen LogP contribution in [0.1, 0.15) is 30.7 Å². The Hall–Kier alpha value is -3.53. The predicted molar refractivity (Wildman–Crippen MR) is 170 cm³/mol. The summed E-state index contributed by atoms with van der Waals surface area (Å²) < 4.78 is 23.5. The van der Waals surface area contributed by atoms with Gasteiger partial charge in [-0.3, -0.25) is 14.7 Å². The highest BCUT2D eigenvalue weighted by Crippen LogP contribution is 2.51. The number of nitrogens with one attached hydrogen (secondary N) is 3. The number of carbonyl (C=O) groups excluding carboxylic acids is 2. The molecule has 4 aromatic rings. The highest BCUT2D eigenvalue weighted by atomic mass is 35.5. The third-order valence-electron chi connectivity index (χ3n) is 5.91. The number of nitrogens with zero attached hydrogens (tertiary/aromatic N) is 1. The summed E-state index contributed by atoms with van der Waals surface area (Å²) in [6.07, 6.45) is 0.763. The first kappa shape index (κ1) is 31.4. The van der Waals surface area contributed by atoms with E-state index < -0.39 is 13.6 Å². The van der Waals surface area contributed by atoms with E-state index in [1.165, 1.54) is 11.3 Å². The first-order valence-corrected chi connectivity index (χ1v) is 16.3. The fourth-order valence-corrected chi connectivity index (χ4v) is 6.88. The van der Waals surface area contributed by atoms with Gasteiger partial charge in [0.25, 0.3) is 0 Å². The van der Waals surface area contributed by atoms with Crippen LogP contribution >= 0.6 is 30.5 Å². The molecule has 12 heteroatoms. The maximum absolute atomic E-state index is 12.8. The summed E-state index contributed by atoms with van der Waals surface area (Å²) in [6.45, 7) is 4.14. The Morgan fingerprint density at radius 2 is 1.50 bits per heavy atom. The van der Waals surface area contributed by atoms with E-state index in [0.717, 1.165) is 16.0 Å². The van der Waals surface area contributed by atoms with Gasteiger partial charge in [0, 0.05) is 33.3 Å². The van der Waals surface area contributed by atoms with Crippen molar-refractivity contribution in [3.05, 3.63) is 94.3 Å². The molecule has 0 spiro atoms. The van der Waals surface area contributed by atoms with E-state index in [2.05, 4.69) is 20.9 Å². The minimum atomic E-state index is -3.22. The Kier molecular flexibility index (Phi) is 11.3. The zero-order chi connectivity index (χ0) is 30.0. The number of halogens is 1. The van der Waals surface area contributed by atoms with Gasteiger partial charge < -0.3 is 19.7 Å². The first-order chi connectivity index (χ1) is 20.3. The highest BCUT2D eigenvalue weighted by molar-refractivity contribution is 7.53. The van der Waals surface area contributed by atoms with Crippen molar-refractivity contribution in [2.24, 2.45) is 0 Å². The molecule has 9 nitrogen and oxygen atoms in total. The zero-order valence-corrected chi connectivity index (χ0v) is 25.7. The van der Waals surface area contributed by atoms with Crippen molar-refractivity contribution < 1.29 is 23.2 Å². The average molecular weight is 627 g/mol. The number of hydrogen-bond acceptors (Lipinski definition) is 7. The second kappa shape index (κ2) is 15.1. The topological polar surface area (TPSA) is 119 Å². The fourth-order valence-electron chi connectivity index (χ4n) is 4.08. The molecule has 0 aliphatic rings. The molecule has 0 unspecified atom stereocenters. The third-order valence-corrected chi connectivity index (χ3v) is 9.25. The van der Waals surface area contributed by atoms with Crippen molar-refractivity contribution in [3.63, 3.8) is 0 Å². The summed E-state index contributed by atoms with van der Waals surface area (Å²) in [5, 5.41) is 9.48. The molecule has 0 saturated heterocycles. The van der Waals surface area contributed by atoms with Gasteiger partial charge in [0.05, 0.1) is 25.1 Å². The standard InChI is InChI=1S/C30H32ClN4O5PS/c1-3-39-41(38,40-4-2)20-21-10-16-25(17-11-21)32-27(36)19-18-26-28(22-12-14-23(31)15-13-22)34-30(42-26)35-29(37)33-24-8-6-5-7-9-24/h5-17H,3-4,18-20H2,1-2H3,(H,32,36)(H2,33,34,35,37). The monoisotopic (exact) mass is 626 g/mol. The van der Waals surface area contributed by atoms with Crippen molar-refractivity contribution in [3.8, 4) is 11.3 Å². The van der Waals surface area contributed by atoms with E-state index >= 15 is 0 Å². The van der Waals surface area contributed by atoms with Gasteiger partial charge in [-0.2, -0.15) is 0 Å². The number of rotatable bonds is 13. The first-order valence-electron chi connectivity index (χ1n) is 13.4. The van der Waals surface area contributed by atoms with Crippen molar-refractivity contribution in [1.29, 1.82) is 0 Å². The second-order valence-corrected chi connectivity index (χ2v) is 12.7. The molecule has 1 heterocycles. The predicted octanol–water partition coefficient (Wildman–Crippen LogP) is 8.44. The second-order valence-electron chi connectivity index (χ2n) is 9.09. The number of hydrogen-bond donors (Lipinski definition) is 3. The number of aromatic nitrogens is 1. The number of amides is 3. The van der Waals surface area contributed by atoms with Crippen molar-refractivity contribution in [2.45, 2.75) is 32.9 Å². The van der Waals surface area contributed by atoms with Crippen molar-refractivity contribution >= 4 is 59.0 Å². The summed E-state index contributed by atoms with van der Waals surface area (Å²) in [5.74, 6) is -0.177. The quantitative estimate of drug-likeness (QED) is 0.128. The van der Waals surface area contributed by atoms with Gasteiger partial charge in [0.15, 0.2) is 5.13 Å². The van der Waals surface area contributed by atoms with Gasteiger partial charge in [-0.05, 0) is 62.2 Å². The zero-order valence-electron chi connectivity index (χ0n) is 23.3. The largest absolute Gasteiger partial charge is 0.335 e. The molecule has 0 fully saturated rings. The Bertz CT molecular complexity index is 1520. The maximum atomic E-state index is 12.8.